The molecule has 0 atom stereocenters. The molecule has 0 aliphatic heterocycles. The van der Waals surface area contributed by atoms with Gasteiger partial charge in [-0.2, -0.15) is 0 Å². The van der Waals surface area contributed by atoms with E-state index in [1.54, 1.807) is 13.8 Å². The SMILES string of the molecule is CC(C)(CNc1nnc(CNC2CC2)o1)NS(C)(=O)=O. The summed E-state index contributed by atoms with van der Waals surface area (Å²) in [6.07, 6.45) is 3.53. The Hall–Kier alpha value is -1.19. The van der Waals surface area contributed by atoms with Gasteiger partial charge >= 0.3 is 6.01 Å². The van der Waals surface area contributed by atoms with E-state index in [0.717, 1.165) is 6.26 Å². The van der Waals surface area contributed by atoms with E-state index in [-0.39, 0.29) is 0 Å². The van der Waals surface area contributed by atoms with E-state index < -0.39 is 15.6 Å². The van der Waals surface area contributed by atoms with Crippen LogP contribution in [0.4, 0.5) is 6.01 Å². The molecule has 20 heavy (non-hydrogen) atoms. The third kappa shape index (κ3) is 5.43. The summed E-state index contributed by atoms with van der Waals surface area (Å²) in [6, 6.07) is 0.872. The summed E-state index contributed by atoms with van der Waals surface area (Å²) in [5.74, 6) is 0.522. The van der Waals surface area contributed by atoms with Gasteiger partial charge in [-0.3, -0.25) is 0 Å². The third-order valence-corrected chi connectivity index (χ3v) is 3.65. The van der Waals surface area contributed by atoms with Crippen LogP contribution in [0.15, 0.2) is 4.42 Å². The van der Waals surface area contributed by atoms with Crippen LogP contribution in [-0.4, -0.2) is 43.0 Å². The van der Waals surface area contributed by atoms with Crippen LogP contribution in [0.1, 0.15) is 32.6 Å². The number of sulfonamides is 1. The molecular weight excluding hydrogens is 282 g/mol. The molecule has 0 aromatic carbocycles. The molecule has 3 N–H and O–H groups in total. The van der Waals surface area contributed by atoms with Gasteiger partial charge in [-0.05, 0) is 26.7 Å². The third-order valence-electron chi connectivity index (χ3n) is 2.73. The van der Waals surface area contributed by atoms with Crippen molar-refractivity contribution in [3.05, 3.63) is 5.89 Å². The quantitative estimate of drug-likeness (QED) is 0.623. The van der Waals surface area contributed by atoms with Gasteiger partial charge in [-0.25, -0.2) is 13.1 Å². The molecule has 1 saturated carbocycles. The maximum atomic E-state index is 11.2. The Morgan fingerprint density at radius 1 is 1.35 bits per heavy atom. The zero-order valence-corrected chi connectivity index (χ0v) is 12.7. The zero-order valence-electron chi connectivity index (χ0n) is 11.9. The van der Waals surface area contributed by atoms with Gasteiger partial charge in [-0.15, -0.1) is 5.10 Å². The fourth-order valence-electron chi connectivity index (χ4n) is 1.75. The number of anilines is 1. The Labute approximate surface area is 118 Å². The summed E-state index contributed by atoms with van der Waals surface area (Å²) in [7, 11) is -3.26. The maximum absolute atomic E-state index is 11.2. The Morgan fingerprint density at radius 2 is 2.05 bits per heavy atom. The van der Waals surface area contributed by atoms with E-state index >= 15 is 0 Å². The van der Waals surface area contributed by atoms with Gasteiger partial charge < -0.3 is 15.1 Å². The lowest BCUT2D eigenvalue weighted by molar-refractivity contribution is 0.451. The van der Waals surface area contributed by atoms with Gasteiger partial charge in [0.2, 0.25) is 15.9 Å². The van der Waals surface area contributed by atoms with Crippen LogP contribution >= 0.6 is 0 Å². The second-order valence-corrected chi connectivity index (χ2v) is 7.52. The van der Waals surface area contributed by atoms with Gasteiger partial charge in [0, 0.05) is 18.1 Å². The van der Waals surface area contributed by atoms with Crippen molar-refractivity contribution in [2.75, 3.05) is 18.1 Å². The first-order valence-corrected chi connectivity index (χ1v) is 8.41. The standard InChI is InChI=1S/C11H21N5O3S/c1-11(2,16-20(3,17)18)7-13-10-15-14-9(19-10)6-12-8-4-5-8/h8,12,16H,4-7H2,1-3H3,(H,13,15). The molecule has 0 spiro atoms. The van der Waals surface area contributed by atoms with Crippen LogP contribution < -0.4 is 15.4 Å². The Bertz CT molecular complexity index is 550. The van der Waals surface area contributed by atoms with E-state index in [4.69, 9.17) is 4.42 Å². The lowest BCUT2D eigenvalue weighted by Gasteiger charge is -2.24. The van der Waals surface area contributed by atoms with Gasteiger partial charge in [-0.1, -0.05) is 5.10 Å². The van der Waals surface area contributed by atoms with Crippen molar-refractivity contribution in [3.63, 3.8) is 0 Å². The molecule has 2 rings (SSSR count). The first-order valence-electron chi connectivity index (χ1n) is 6.52. The highest BCUT2D eigenvalue weighted by molar-refractivity contribution is 7.88. The van der Waals surface area contributed by atoms with Crippen molar-refractivity contribution in [1.82, 2.24) is 20.2 Å². The number of hydrogen-bond acceptors (Lipinski definition) is 7. The van der Waals surface area contributed by atoms with Gasteiger partial charge in [0.25, 0.3) is 0 Å². The molecule has 8 nitrogen and oxygen atoms in total. The van der Waals surface area contributed by atoms with Crippen LogP contribution in [0, 0.1) is 0 Å². The minimum absolute atomic E-state index is 0.293. The summed E-state index contributed by atoms with van der Waals surface area (Å²) in [5, 5.41) is 14.0. The molecule has 1 fully saturated rings. The van der Waals surface area contributed by atoms with Gasteiger partial charge in [0.05, 0.1) is 12.8 Å². The number of hydrogen-bond donors (Lipinski definition) is 3. The minimum Gasteiger partial charge on any atom is -0.407 e. The lowest BCUT2D eigenvalue weighted by atomic mass is 10.1. The van der Waals surface area contributed by atoms with Crippen molar-refractivity contribution < 1.29 is 12.8 Å². The van der Waals surface area contributed by atoms with Crippen LogP contribution in [-0.2, 0) is 16.6 Å². The van der Waals surface area contributed by atoms with Crippen LogP contribution in [0.5, 0.6) is 0 Å². The number of aromatic nitrogens is 2. The monoisotopic (exact) mass is 303 g/mol. The fraction of sp³-hybridized carbons (Fsp3) is 0.818. The highest BCUT2D eigenvalue weighted by Gasteiger charge is 2.23. The van der Waals surface area contributed by atoms with Crippen LogP contribution in [0.3, 0.4) is 0 Å². The number of nitrogens with zero attached hydrogens (tertiary/aromatic N) is 2. The largest absolute Gasteiger partial charge is 0.407 e. The maximum Gasteiger partial charge on any atom is 0.315 e. The molecular formula is C11H21N5O3S. The molecule has 0 amide bonds. The summed E-state index contributed by atoms with van der Waals surface area (Å²) < 4.78 is 30.4. The summed E-state index contributed by atoms with van der Waals surface area (Å²) in [6.45, 7) is 4.45. The molecule has 1 aliphatic carbocycles. The first kappa shape index (κ1) is 15.2. The van der Waals surface area contributed by atoms with Crippen molar-refractivity contribution in [1.29, 1.82) is 0 Å². The van der Waals surface area contributed by atoms with Crippen molar-refractivity contribution in [2.45, 2.75) is 44.8 Å². The molecule has 0 unspecified atom stereocenters. The second kappa shape index (κ2) is 5.66. The van der Waals surface area contributed by atoms with Crippen molar-refractivity contribution >= 4 is 16.0 Å². The van der Waals surface area contributed by atoms with E-state index in [0.29, 0.717) is 31.0 Å². The summed E-state index contributed by atoms with van der Waals surface area (Å²) >= 11 is 0. The topological polar surface area (TPSA) is 109 Å². The molecule has 0 saturated heterocycles. The molecule has 1 aliphatic rings. The predicted octanol–water partition coefficient (Wildman–Crippen LogP) is 0.0613. The molecule has 114 valence electrons. The molecule has 9 heteroatoms. The first-order chi connectivity index (χ1) is 9.23. The molecule has 0 bridgehead atoms. The smallest absolute Gasteiger partial charge is 0.315 e. The Kier molecular flexibility index (Phi) is 4.31. The van der Waals surface area contributed by atoms with Crippen LogP contribution in [0.25, 0.3) is 0 Å². The summed E-state index contributed by atoms with van der Waals surface area (Å²) in [4.78, 5) is 0. The van der Waals surface area contributed by atoms with Crippen molar-refractivity contribution in [2.24, 2.45) is 0 Å². The van der Waals surface area contributed by atoms with Crippen LogP contribution in [0.2, 0.25) is 0 Å². The van der Waals surface area contributed by atoms with E-state index in [1.807, 2.05) is 0 Å². The molecule has 1 heterocycles. The van der Waals surface area contributed by atoms with Gasteiger partial charge in [0.15, 0.2) is 0 Å². The minimum atomic E-state index is -3.26. The number of nitrogens with one attached hydrogen (secondary N) is 3. The molecule has 0 radical (unpaired) electrons. The fourth-order valence-corrected chi connectivity index (χ4v) is 2.83. The van der Waals surface area contributed by atoms with E-state index in [2.05, 4.69) is 25.6 Å². The van der Waals surface area contributed by atoms with E-state index in [1.165, 1.54) is 12.8 Å². The summed E-state index contributed by atoms with van der Waals surface area (Å²) in [5.41, 5.74) is -0.644. The second-order valence-electron chi connectivity index (χ2n) is 5.77. The average Bonchev–Trinajstić information content (AvgIpc) is 3.00. The Balaban J connectivity index is 1.80. The molecule has 1 aromatic rings. The van der Waals surface area contributed by atoms with Gasteiger partial charge in [0.1, 0.15) is 0 Å². The zero-order chi connectivity index (χ0) is 14.8. The number of rotatable bonds is 8. The molecule has 1 aromatic heterocycles. The lowest BCUT2D eigenvalue weighted by Crippen LogP contribution is -2.47. The Morgan fingerprint density at radius 3 is 2.65 bits per heavy atom. The highest BCUT2D eigenvalue weighted by atomic mass is 32.2. The predicted molar refractivity (Wildman–Crippen MR) is 74.7 cm³/mol. The van der Waals surface area contributed by atoms with E-state index in [9.17, 15) is 8.42 Å². The average molecular weight is 303 g/mol. The van der Waals surface area contributed by atoms with Crippen molar-refractivity contribution in [3.8, 4) is 0 Å². The normalized spacial score (nSPS) is 16.4. The highest BCUT2D eigenvalue weighted by Crippen LogP contribution is 2.19.